The van der Waals surface area contributed by atoms with E-state index in [0.29, 0.717) is 19.5 Å². The molecule has 104 valence electrons. The summed E-state index contributed by atoms with van der Waals surface area (Å²) in [5.74, 6) is -1.31. The summed E-state index contributed by atoms with van der Waals surface area (Å²) < 4.78 is 13.3. The van der Waals surface area contributed by atoms with Gasteiger partial charge in [0.1, 0.15) is 5.82 Å². The Balaban J connectivity index is 3.00. The van der Waals surface area contributed by atoms with Crippen LogP contribution < -0.4 is 0 Å². The third kappa shape index (κ3) is 3.99. The van der Waals surface area contributed by atoms with Crippen LogP contribution in [0.15, 0.2) is 18.2 Å². The van der Waals surface area contributed by atoms with Crippen LogP contribution in [0.5, 0.6) is 0 Å². The molecule has 0 spiro atoms. The molecule has 0 saturated heterocycles. The topological polar surface area (TPSA) is 83.7 Å². The smallest absolute Gasteiger partial charge is 0.273 e. The SMILES string of the molecule is CCN(CCCO)C(=O)c1cc(F)cc([N+](=O)[O-])c1. The molecule has 1 aromatic carbocycles. The van der Waals surface area contributed by atoms with Crippen LogP contribution in [0.2, 0.25) is 0 Å². The van der Waals surface area contributed by atoms with Crippen molar-refractivity contribution in [3.8, 4) is 0 Å². The van der Waals surface area contributed by atoms with E-state index in [4.69, 9.17) is 5.11 Å². The van der Waals surface area contributed by atoms with E-state index in [1.54, 1.807) is 6.92 Å². The number of rotatable bonds is 6. The summed E-state index contributed by atoms with van der Waals surface area (Å²) in [5.41, 5.74) is -0.520. The molecule has 0 aromatic heterocycles. The van der Waals surface area contributed by atoms with Crippen molar-refractivity contribution in [2.75, 3.05) is 19.7 Å². The fraction of sp³-hybridized carbons (Fsp3) is 0.417. The van der Waals surface area contributed by atoms with Crippen LogP contribution in [0, 0.1) is 15.9 Å². The van der Waals surface area contributed by atoms with Gasteiger partial charge in [-0.15, -0.1) is 0 Å². The molecule has 19 heavy (non-hydrogen) atoms. The summed E-state index contributed by atoms with van der Waals surface area (Å²) in [6, 6.07) is 2.78. The predicted octanol–water partition coefficient (Wildman–Crippen LogP) is 1.58. The number of carbonyl (C=O) groups excluding carboxylic acids is 1. The minimum Gasteiger partial charge on any atom is -0.396 e. The van der Waals surface area contributed by atoms with Crippen molar-refractivity contribution in [3.63, 3.8) is 0 Å². The Bertz CT molecular complexity index is 479. The van der Waals surface area contributed by atoms with Gasteiger partial charge < -0.3 is 10.0 Å². The molecule has 1 amide bonds. The first-order valence-corrected chi connectivity index (χ1v) is 5.84. The molecule has 0 fully saturated rings. The van der Waals surface area contributed by atoms with E-state index in [2.05, 4.69) is 0 Å². The zero-order chi connectivity index (χ0) is 14.4. The maximum absolute atomic E-state index is 13.3. The van der Waals surface area contributed by atoms with Crippen molar-refractivity contribution in [2.24, 2.45) is 0 Å². The van der Waals surface area contributed by atoms with Crippen molar-refractivity contribution in [1.82, 2.24) is 4.90 Å². The zero-order valence-corrected chi connectivity index (χ0v) is 10.5. The maximum atomic E-state index is 13.3. The fourth-order valence-electron chi connectivity index (χ4n) is 1.65. The van der Waals surface area contributed by atoms with Crippen molar-refractivity contribution >= 4 is 11.6 Å². The lowest BCUT2D eigenvalue weighted by molar-refractivity contribution is -0.385. The van der Waals surface area contributed by atoms with Gasteiger partial charge in [0.05, 0.1) is 11.0 Å². The third-order valence-corrected chi connectivity index (χ3v) is 2.60. The molecule has 0 aliphatic heterocycles. The number of benzene rings is 1. The van der Waals surface area contributed by atoms with Gasteiger partial charge in [0.2, 0.25) is 0 Å². The number of nitro groups is 1. The highest BCUT2D eigenvalue weighted by Crippen LogP contribution is 2.17. The molecule has 0 saturated carbocycles. The van der Waals surface area contributed by atoms with Crippen molar-refractivity contribution < 1.29 is 19.2 Å². The van der Waals surface area contributed by atoms with E-state index < -0.39 is 22.3 Å². The number of hydrogen-bond acceptors (Lipinski definition) is 4. The Labute approximate surface area is 109 Å². The molecule has 1 aromatic rings. The summed E-state index contributed by atoms with van der Waals surface area (Å²) in [7, 11) is 0. The Morgan fingerprint density at radius 3 is 2.68 bits per heavy atom. The predicted molar refractivity (Wildman–Crippen MR) is 66.3 cm³/mol. The van der Waals surface area contributed by atoms with Crippen LogP contribution in [0.25, 0.3) is 0 Å². The van der Waals surface area contributed by atoms with Crippen molar-refractivity contribution in [3.05, 3.63) is 39.7 Å². The highest BCUT2D eigenvalue weighted by atomic mass is 19.1. The summed E-state index contributed by atoms with van der Waals surface area (Å²) >= 11 is 0. The van der Waals surface area contributed by atoms with E-state index in [1.165, 1.54) is 4.90 Å². The summed E-state index contributed by atoms with van der Waals surface area (Å²) in [4.78, 5) is 23.3. The Kier molecular flexibility index (Phi) is 5.37. The van der Waals surface area contributed by atoms with Gasteiger partial charge in [-0.3, -0.25) is 14.9 Å². The van der Waals surface area contributed by atoms with Gasteiger partial charge in [0, 0.05) is 31.3 Å². The van der Waals surface area contributed by atoms with E-state index in [1.807, 2.05) is 0 Å². The van der Waals surface area contributed by atoms with Gasteiger partial charge >= 0.3 is 0 Å². The van der Waals surface area contributed by atoms with Gasteiger partial charge in [-0.05, 0) is 19.4 Å². The highest BCUT2D eigenvalue weighted by Gasteiger charge is 2.18. The minimum absolute atomic E-state index is 0.0624. The first-order chi connectivity index (χ1) is 8.99. The molecular weight excluding hydrogens is 255 g/mol. The average Bonchev–Trinajstić information content (AvgIpc) is 2.38. The van der Waals surface area contributed by atoms with E-state index in [9.17, 15) is 19.3 Å². The molecule has 7 heteroatoms. The molecule has 1 N–H and O–H groups in total. The molecule has 0 bridgehead atoms. The molecule has 0 radical (unpaired) electrons. The number of nitrogens with zero attached hydrogens (tertiary/aromatic N) is 2. The molecule has 0 heterocycles. The quantitative estimate of drug-likeness (QED) is 0.628. The Hall–Kier alpha value is -2.02. The van der Waals surface area contributed by atoms with Crippen molar-refractivity contribution in [2.45, 2.75) is 13.3 Å². The van der Waals surface area contributed by atoms with Gasteiger partial charge in [0.25, 0.3) is 11.6 Å². The van der Waals surface area contributed by atoms with Crippen LogP contribution in [0.4, 0.5) is 10.1 Å². The maximum Gasteiger partial charge on any atom is 0.273 e. The first kappa shape index (κ1) is 15.0. The molecule has 0 aliphatic carbocycles. The molecule has 0 unspecified atom stereocenters. The molecule has 0 atom stereocenters. The summed E-state index contributed by atoms with van der Waals surface area (Å²) in [5, 5.41) is 19.4. The second-order valence-corrected chi connectivity index (χ2v) is 3.92. The average molecular weight is 270 g/mol. The van der Waals surface area contributed by atoms with Gasteiger partial charge in [-0.25, -0.2) is 4.39 Å². The Morgan fingerprint density at radius 1 is 1.47 bits per heavy atom. The van der Waals surface area contributed by atoms with Gasteiger partial charge in [0.15, 0.2) is 0 Å². The van der Waals surface area contributed by atoms with E-state index in [0.717, 1.165) is 18.2 Å². The summed E-state index contributed by atoms with van der Waals surface area (Å²) in [6.45, 7) is 2.37. The van der Waals surface area contributed by atoms with Gasteiger partial charge in [-0.1, -0.05) is 0 Å². The number of aliphatic hydroxyl groups excluding tert-OH is 1. The van der Waals surface area contributed by atoms with Crippen LogP contribution >= 0.6 is 0 Å². The lowest BCUT2D eigenvalue weighted by Crippen LogP contribution is -2.32. The lowest BCUT2D eigenvalue weighted by Gasteiger charge is -2.20. The number of hydrogen-bond donors (Lipinski definition) is 1. The molecular formula is C12H15FN2O4. The number of amides is 1. The first-order valence-electron chi connectivity index (χ1n) is 5.84. The monoisotopic (exact) mass is 270 g/mol. The molecule has 0 aliphatic rings. The normalized spacial score (nSPS) is 10.3. The largest absolute Gasteiger partial charge is 0.396 e. The number of carbonyl (C=O) groups is 1. The fourth-order valence-corrected chi connectivity index (χ4v) is 1.65. The second-order valence-electron chi connectivity index (χ2n) is 3.92. The standard InChI is InChI=1S/C12H15FN2O4/c1-2-14(4-3-5-16)12(17)9-6-10(13)8-11(7-9)15(18)19/h6-8,16H,2-5H2,1H3. The third-order valence-electron chi connectivity index (χ3n) is 2.60. The number of nitro benzene ring substituents is 1. The van der Waals surface area contributed by atoms with Crippen LogP contribution in [0.3, 0.4) is 0 Å². The highest BCUT2D eigenvalue weighted by molar-refractivity contribution is 5.94. The molecule has 6 nitrogen and oxygen atoms in total. The van der Waals surface area contributed by atoms with Crippen molar-refractivity contribution in [1.29, 1.82) is 0 Å². The lowest BCUT2D eigenvalue weighted by atomic mass is 10.1. The molecule has 1 rings (SSSR count). The number of non-ortho nitro benzene ring substituents is 1. The second kappa shape index (κ2) is 6.79. The van der Waals surface area contributed by atoms with E-state index in [-0.39, 0.29) is 12.2 Å². The summed E-state index contributed by atoms with van der Waals surface area (Å²) in [6.07, 6.45) is 0.400. The van der Waals surface area contributed by atoms with Crippen LogP contribution in [-0.4, -0.2) is 40.5 Å². The zero-order valence-electron chi connectivity index (χ0n) is 10.5. The Morgan fingerprint density at radius 2 is 2.16 bits per heavy atom. The number of halogens is 1. The van der Waals surface area contributed by atoms with Gasteiger partial charge in [-0.2, -0.15) is 0 Å². The number of aliphatic hydroxyl groups is 1. The van der Waals surface area contributed by atoms with Crippen LogP contribution in [-0.2, 0) is 0 Å². The van der Waals surface area contributed by atoms with E-state index >= 15 is 0 Å². The van der Waals surface area contributed by atoms with Crippen LogP contribution in [0.1, 0.15) is 23.7 Å². The minimum atomic E-state index is -0.823.